The average molecular weight is 345 g/mol. The highest BCUT2D eigenvalue weighted by Gasteiger charge is 2.25. The summed E-state index contributed by atoms with van der Waals surface area (Å²) >= 11 is 0. The van der Waals surface area contributed by atoms with Gasteiger partial charge in [-0.25, -0.2) is 4.98 Å². The van der Waals surface area contributed by atoms with Crippen LogP contribution in [0.1, 0.15) is 50.9 Å². The quantitative estimate of drug-likeness (QED) is 0.873. The summed E-state index contributed by atoms with van der Waals surface area (Å²) in [6.45, 7) is 11.2. The first-order valence-corrected chi connectivity index (χ1v) is 9.31. The van der Waals surface area contributed by atoms with E-state index in [2.05, 4.69) is 35.0 Å². The number of β-amino-alcohol motifs (C(OH)–C–C–N with tert-alkyl or cyclic N) is 1. The van der Waals surface area contributed by atoms with Crippen LogP contribution in [0.5, 0.6) is 0 Å². The van der Waals surface area contributed by atoms with Crippen LogP contribution in [0.2, 0.25) is 0 Å². The molecule has 2 heterocycles. The first-order valence-electron chi connectivity index (χ1n) is 9.31. The van der Waals surface area contributed by atoms with Gasteiger partial charge in [0.15, 0.2) is 0 Å². The molecule has 0 saturated carbocycles. The minimum atomic E-state index is -0.448. The Bertz CT molecular complexity index is 705. The lowest BCUT2D eigenvalue weighted by Gasteiger charge is -2.33. The Morgan fingerprint density at radius 3 is 2.96 bits per heavy atom. The first kappa shape index (κ1) is 18.4. The number of aliphatic hydroxyl groups is 1. The fraction of sp³-hybridized carbons (Fsp3) is 0.650. The lowest BCUT2D eigenvalue weighted by atomic mass is 9.97. The lowest BCUT2D eigenvalue weighted by molar-refractivity contribution is -0.0575. The zero-order chi connectivity index (χ0) is 18.0. The zero-order valence-corrected chi connectivity index (χ0v) is 15.9. The summed E-state index contributed by atoms with van der Waals surface area (Å²) in [4.78, 5) is 10.6. The molecule has 1 aliphatic rings. The van der Waals surface area contributed by atoms with Gasteiger partial charge in [-0.05, 0) is 64.8 Å². The molecule has 5 nitrogen and oxygen atoms in total. The number of aryl methyl sites for hydroxylation is 1. The number of likely N-dealkylation sites (tertiary alicyclic amines) is 1. The van der Waals surface area contributed by atoms with E-state index in [1.165, 1.54) is 5.56 Å². The molecule has 138 valence electrons. The molecule has 5 heteroatoms. The van der Waals surface area contributed by atoms with Crippen LogP contribution in [-0.2, 0) is 4.74 Å². The maximum atomic E-state index is 10.3. The number of aliphatic hydroxyl groups excluding tert-OH is 1. The van der Waals surface area contributed by atoms with Gasteiger partial charge in [0.1, 0.15) is 5.82 Å². The first-order chi connectivity index (χ1) is 11.8. The molecule has 1 fully saturated rings. The molecule has 1 aromatic heterocycles. The Morgan fingerprint density at radius 1 is 1.40 bits per heavy atom. The number of piperidine rings is 1. The van der Waals surface area contributed by atoms with E-state index in [0.717, 1.165) is 42.8 Å². The number of H-pyrrole nitrogens is 1. The summed E-state index contributed by atoms with van der Waals surface area (Å²) in [7, 11) is 0. The van der Waals surface area contributed by atoms with Gasteiger partial charge in [0.05, 0.1) is 29.3 Å². The number of benzene rings is 1. The molecule has 1 aromatic carbocycles. The van der Waals surface area contributed by atoms with E-state index in [1.807, 2.05) is 20.8 Å². The molecule has 2 N–H and O–H groups in total. The molecule has 1 aliphatic heterocycles. The minimum Gasteiger partial charge on any atom is -0.389 e. The van der Waals surface area contributed by atoms with E-state index in [4.69, 9.17) is 9.72 Å². The van der Waals surface area contributed by atoms with Crippen LogP contribution >= 0.6 is 0 Å². The highest BCUT2D eigenvalue weighted by atomic mass is 16.5. The molecule has 2 aromatic rings. The van der Waals surface area contributed by atoms with Gasteiger partial charge in [-0.2, -0.15) is 0 Å². The van der Waals surface area contributed by atoms with E-state index in [9.17, 15) is 5.11 Å². The molecule has 0 amide bonds. The van der Waals surface area contributed by atoms with Crippen molar-refractivity contribution in [3.63, 3.8) is 0 Å². The fourth-order valence-electron chi connectivity index (χ4n) is 3.48. The third kappa shape index (κ3) is 5.03. The maximum absolute atomic E-state index is 10.3. The number of rotatable bonds is 5. The second-order valence-corrected chi connectivity index (χ2v) is 8.32. The van der Waals surface area contributed by atoms with Crippen molar-refractivity contribution in [3.05, 3.63) is 29.6 Å². The molecule has 0 aliphatic carbocycles. The third-order valence-electron chi connectivity index (χ3n) is 4.73. The van der Waals surface area contributed by atoms with Crippen LogP contribution in [0.3, 0.4) is 0 Å². The van der Waals surface area contributed by atoms with Crippen molar-refractivity contribution in [3.8, 4) is 0 Å². The van der Waals surface area contributed by atoms with Gasteiger partial charge in [0.25, 0.3) is 0 Å². The molecule has 2 atom stereocenters. The van der Waals surface area contributed by atoms with Crippen LogP contribution in [0.4, 0.5) is 0 Å². The fourth-order valence-corrected chi connectivity index (χ4v) is 3.48. The van der Waals surface area contributed by atoms with Gasteiger partial charge in [-0.1, -0.05) is 6.07 Å². The lowest BCUT2D eigenvalue weighted by Crippen LogP contribution is -2.41. The van der Waals surface area contributed by atoms with Crippen molar-refractivity contribution in [2.45, 2.75) is 58.2 Å². The van der Waals surface area contributed by atoms with Crippen LogP contribution in [0.15, 0.2) is 18.2 Å². The van der Waals surface area contributed by atoms with E-state index >= 15 is 0 Å². The van der Waals surface area contributed by atoms with Crippen molar-refractivity contribution >= 4 is 11.0 Å². The second-order valence-electron chi connectivity index (χ2n) is 8.32. The number of aromatic amines is 1. The van der Waals surface area contributed by atoms with Crippen LogP contribution in [-0.4, -0.2) is 57.9 Å². The summed E-state index contributed by atoms with van der Waals surface area (Å²) in [5.41, 5.74) is 3.19. The largest absolute Gasteiger partial charge is 0.389 e. The predicted molar refractivity (Wildman–Crippen MR) is 101 cm³/mol. The molecule has 1 saturated heterocycles. The molecule has 3 rings (SSSR count). The summed E-state index contributed by atoms with van der Waals surface area (Å²) in [5.74, 6) is 1.47. The van der Waals surface area contributed by atoms with Crippen molar-refractivity contribution < 1.29 is 9.84 Å². The number of imidazole rings is 1. The van der Waals surface area contributed by atoms with Gasteiger partial charge in [-0.3, -0.25) is 4.90 Å². The number of nitrogens with zero attached hydrogens (tertiary/aromatic N) is 2. The van der Waals surface area contributed by atoms with Gasteiger partial charge < -0.3 is 14.8 Å². The maximum Gasteiger partial charge on any atom is 0.111 e. The number of ether oxygens (including phenoxy) is 1. The number of fused-ring (bicyclic) bond motifs is 1. The SMILES string of the molecule is Cc1ccc2nc([C@H]3CCCN(C[C@H](O)COC(C)(C)C)C3)[nH]c2c1. The molecule has 0 unspecified atom stereocenters. The monoisotopic (exact) mass is 345 g/mol. The normalized spacial score (nSPS) is 20.9. The smallest absolute Gasteiger partial charge is 0.111 e. The Kier molecular flexibility index (Phi) is 5.46. The highest BCUT2D eigenvalue weighted by Crippen LogP contribution is 2.27. The van der Waals surface area contributed by atoms with E-state index in [-0.39, 0.29) is 5.60 Å². The van der Waals surface area contributed by atoms with Crippen molar-refractivity contribution in [2.75, 3.05) is 26.2 Å². The van der Waals surface area contributed by atoms with Gasteiger partial charge in [-0.15, -0.1) is 0 Å². The van der Waals surface area contributed by atoms with Crippen molar-refractivity contribution in [2.24, 2.45) is 0 Å². The van der Waals surface area contributed by atoms with Crippen LogP contribution < -0.4 is 0 Å². The molecular weight excluding hydrogens is 314 g/mol. The zero-order valence-electron chi connectivity index (χ0n) is 15.9. The Morgan fingerprint density at radius 2 is 2.20 bits per heavy atom. The topological polar surface area (TPSA) is 61.4 Å². The van der Waals surface area contributed by atoms with E-state index in [1.54, 1.807) is 0 Å². The van der Waals surface area contributed by atoms with Gasteiger partial charge >= 0.3 is 0 Å². The van der Waals surface area contributed by atoms with Crippen molar-refractivity contribution in [1.29, 1.82) is 0 Å². The molecule has 25 heavy (non-hydrogen) atoms. The Hall–Kier alpha value is -1.43. The van der Waals surface area contributed by atoms with Crippen LogP contribution in [0.25, 0.3) is 11.0 Å². The van der Waals surface area contributed by atoms with Crippen molar-refractivity contribution in [1.82, 2.24) is 14.9 Å². The summed E-state index contributed by atoms with van der Waals surface area (Å²) < 4.78 is 5.70. The number of hydrogen-bond acceptors (Lipinski definition) is 4. The number of aromatic nitrogens is 2. The molecular formula is C20H31N3O2. The summed E-state index contributed by atoms with van der Waals surface area (Å²) in [6, 6.07) is 6.34. The van der Waals surface area contributed by atoms with E-state index in [0.29, 0.717) is 19.1 Å². The standard InChI is InChI=1S/C20H31N3O2/c1-14-7-8-17-18(10-14)22-19(21-17)15-6-5-9-23(11-15)12-16(24)13-25-20(2,3)4/h7-8,10,15-16,24H,5-6,9,11-13H2,1-4H3,(H,21,22)/t15-,16-/m0/s1. The Balaban J connectivity index is 1.60. The predicted octanol–water partition coefficient (Wildman–Crippen LogP) is 3.23. The van der Waals surface area contributed by atoms with Gasteiger partial charge in [0.2, 0.25) is 0 Å². The molecule has 0 spiro atoms. The minimum absolute atomic E-state index is 0.210. The molecule has 0 radical (unpaired) electrons. The Labute approximate surface area is 150 Å². The number of nitrogens with one attached hydrogen (secondary N) is 1. The molecule has 0 bridgehead atoms. The van der Waals surface area contributed by atoms with Gasteiger partial charge in [0, 0.05) is 19.0 Å². The third-order valence-corrected chi connectivity index (χ3v) is 4.73. The average Bonchev–Trinajstić information content (AvgIpc) is 2.96. The summed E-state index contributed by atoms with van der Waals surface area (Å²) in [5, 5.41) is 10.3. The second kappa shape index (κ2) is 7.44. The van der Waals surface area contributed by atoms with Crippen LogP contribution in [0, 0.1) is 6.92 Å². The summed E-state index contributed by atoms with van der Waals surface area (Å²) in [6.07, 6.45) is 1.83. The number of hydrogen-bond donors (Lipinski definition) is 2. The highest BCUT2D eigenvalue weighted by molar-refractivity contribution is 5.75. The van der Waals surface area contributed by atoms with E-state index < -0.39 is 6.10 Å².